The highest BCUT2D eigenvalue weighted by atomic mass is 16.5. The molecule has 0 aliphatic carbocycles. The number of hydrogen-bond acceptors (Lipinski definition) is 3. The van der Waals surface area contributed by atoms with Gasteiger partial charge in [-0.2, -0.15) is 0 Å². The number of fused-ring (bicyclic) bond motifs is 1. The average molecular weight is 372 g/mol. The molecule has 1 saturated heterocycles. The number of carbonyl (C=O) groups excluding carboxylic acids is 2. The highest BCUT2D eigenvalue weighted by Gasteiger charge is 2.41. The second-order valence-electron chi connectivity index (χ2n) is 9.10. The van der Waals surface area contributed by atoms with Gasteiger partial charge in [-0.25, -0.2) is 0 Å². The van der Waals surface area contributed by atoms with Gasteiger partial charge in [-0.1, -0.05) is 46.2 Å². The summed E-state index contributed by atoms with van der Waals surface area (Å²) in [5.41, 5.74) is 1.25. The van der Waals surface area contributed by atoms with Gasteiger partial charge in [0.2, 0.25) is 0 Å². The minimum Gasteiger partial charge on any atom is -0.378 e. The maximum atomic E-state index is 12.7. The molecule has 0 saturated carbocycles. The third-order valence-electron chi connectivity index (χ3n) is 6.34. The van der Waals surface area contributed by atoms with Gasteiger partial charge in [-0.3, -0.25) is 14.5 Å². The van der Waals surface area contributed by atoms with Gasteiger partial charge in [-0.05, 0) is 55.1 Å². The molecule has 3 rings (SSSR count). The minimum atomic E-state index is -0.137. The van der Waals surface area contributed by atoms with E-state index in [9.17, 15) is 9.59 Å². The summed E-state index contributed by atoms with van der Waals surface area (Å²) in [6.07, 6.45) is 5.51. The lowest BCUT2D eigenvalue weighted by Crippen LogP contribution is -2.41. The van der Waals surface area contributed by atoms with Crippen LogP contribution < -0.4 is 0 Å². The Labute approximate surface area is 163 Å². The first-order valence-electron chi connectivity index (χ1n) is 10.4. The molecule has 4 nitrogen and oxygen atoms in total. The Balaban J connectivity index is 1.73. The van der Waals surface area contributed by atoms with E-state index in [4.69, 9.17) is 4.74 Å². The lowest BCUT2D eigenvalue weighted by Gasteiger charge is -2.43. The zero-order valence-corrected chi connectivity index (χ0v) is 17.2. The van der Waals surface area contributed by atoms with Gasteiger partial charge in [0.15, 0.2) is 0 Å². The van der Waals surface area contributed by atoms with E-state index in [1.807, 2.05) is 12.1 Å². The molecule has 0 unspecified atom stereocenters. The Kier molecular flexibility index (Phi) is 6.05. The summed E-state index contributed by atoms with van der Waals surface area (Å²) in [4.78, 5) is 26.9. The number of benzene rings is 1. The van der Waals surface area contributed by atoms with E-state index in [0.717, 1.165) is 32.3 Å². The normalized spacial score (nSPS) is 25.6. The Bertz CT molecular complexity index is 662. The molecular formula is C23H33NO3. The largest absolute Gasteiger partial charge is 0.378 e. The summed E-state index contributed by atoms with van der Waals surface area (Å²) in [7, 11) is 0. The number of imide groups is 1. The summed E-state index contributed by atoms with van der Waals surface area (Å²) >= 11 is 0. The SMILES string of the molecule is CC(C)CC[C@]1(CCN2C(=O)c3ccccc3C2=O)CCO[C@H](C(C)C)C1. The first-order valence-corrected chi connectivity index (χ1v) is 10.4. The number of rotatable bonds is 7. The quantitative estimate of drug-likeness (QED) is 0.639. The molecule has 0 spiro atoms. The van der Waals surface area contributed by atoms with E-state index in [0.29, 0.717) is 29.5 Å². The molecule has 1 aromatic rings. The van der Waals surface area contributed by atoms with Crippen LogP contribution in [-0.2, 0) is 4.74 Å². The van der Waals surface area contributed by atoms with Crippen molar-refractivity contribution in [2.45, 2.75) is 65.9 Å². The molecule has 0 N–H and O–H groups in total. The fourth-order valence-corrected chi connectivity index (χ4v) is 4.41. The highest BCUT2D eigenvalue weighted by molar-refractivity contribution is 6.21. The van der Waals surface area contributed by atoms with Gasteiger partial charge in [0.05, 0.1) is 17.2 Å². The molecular weight excluding hydrogens is 338 g/mol. The number of carbonyl (C=O) groups is 2. The number of hydrogen-bond donors (Lipinski definition) is 0. The Morgan fingerprint density at radius 3 is 2.26 bits per heavy atom. The topological polar surface area (TPSA) is 46.6 Å². The first-order chi connectivity index (χ1) is 12.8. The van der Waals surface area contributed by atoms with Crippen LogP contribution in [0, 0.1) is 17.3 Å². The van der Waals surface area contributed by atoms with Crippen LogP contribution in [0.4, 0.5) is 0 Å². The monoisotopic (exact) mass is 371 g/mol. The number of ether oxygens (including phenoxy) is 1. The summed E-state index contributed by atoms with van der Waals surface area (Å²) in [5, 5.41) is 0. The molecule has 2 aliphatic heterocycles. The van der Waals surface area contributed by atoms with Gasteiger partial charge in [0.25, 0.3) is 11.8 Å². The van der Waals surface area contributed by atoms with Gasteiger partial charge in [0, 0.05) is 13.2 Å². The van der Waals surface area contributed by atoms with Gasteiger partial charge < -0.3 is 4.74 Å². The molecule has 0 radical (unpaired) electrons. The second-order valence-corrected chi connectivity index (χ2v) is 9.10. The van der Waals surface area contributed by atoms with E-state index in [1.165, 1.54) is 11.3 Å². The van der Waals surface area contributed by atoms with Crippen molar-refractivity contribution in [1.29, 1.82) is 0 Å². The molecule has 2 amide bonds. The predicted molar refractivity (Wildman–Crippen MR) is 107 cm³/mol. The van der Waals surface area contributed by atoms with Crippen LogP contribution >= 0.6 is 0 Å². The molecule has 27 heavy (non-hydrogen) atoms. The van der Waals surface area contributed by atoms with Crippen LogP contribution in [0.15, 0.2) is 24.3 Å². The van der Waals surface area contributed by atoms with Crippen LogP contribution in [0.3, 0.4) is 0 Å². The Hall–Kier alpha value is -1.68. The fourth-order valence-electron chi connectivity index (χ4n) is 4.41. The first kappa shape index (κ1) is 20.1. The molecule has 2 atom stereocenters. The van der Waals surface area contributed by atoms with Crippen LogP contribution in [0.25, 0.3) is 0 Å². The molecule has 148 valence electrons. The molecule has 0 bridgehead atoms. The lowest BCUT2D eigenvalue weighted by molar-refractivity contribution is -0.0773. The Morgan fingerprint density at radius 2 is 1.70 bits per heavy atom. The fraction of sp³-hybridized carbons (Fsp3) is 0.652. The molecule has 1 fully saturated rings. The van der Waals surface area contributed by atoms with Crippen molar-refractivity contribution in [1.82, 2.24) is 4.90 Å². The summed E-state index contributed by atoms with van der Waals surface area (Å²) in [6, 6.07) is 7.16. The van der Waals surface area contributed by atoms with Gasteiger partial charge >= 0.3 is 0 Å². The number of nitrogens with zero attached hydrogens (tertiary/aromatic N) is 1. The summed E-state index contributed by atoms with van der Waals surface area (Å²) in [6.45, 7) is 10.2. The minimum absolute atomic E-state index is 0.137. The number of amides is 2. The maximum absolute atomic E-state index is 12.7. The van der Waals surface area contributed by atoms with Crippen LogP contribution in [0.5, 0.6) is 0 Å². The third-order valence-corrected chi connectivity index (χ3v) is 6.34. The van der Waals surface area contributed by atoms with Gasteiger partial charge in [0.1, 0.15) is 0 Å². The Morgan fingerprint density at radius 1 is 1.07 bits per heavy atom. The molecule has 0 aromatic heterocycles. The van der Waals surface area contributed by atoms with E-state index < -0.39 is 0 Å². The zero-order chi connectivity index (χ0) is 19.6. The van der Waals surface area contributed by atoms with Crippen molar-refractivity contribution < 1.29 is 14.3 Å². The standard InChI is InChI=1S/C23H33NO3/c1-16(2)9-10-23(12-14-27-20(15-23)17(3)4)11-13-24-21(25)18-7-5-6-8-19(18)22(24)26/h5-8,16-17,20H,9-15H2,1-4H3/t20-,23-/m0/s1. The van der Waals surface area contributed by atoms with Crippen molar-refractivity contribution in [3.8, 4) is 0 Å². The summed E-state index contributed by atoms with van der Waals surface area (Å²) < 4.78 is 6.02. The van der Waals surface area contributed by atoms with E-state index in [2.05, 4.69) is 27.7 Å². The van der Waals surface area contributed by atoms with E-state index in [1.54, 1.807) is 12.1 Å². The second kappa shape index (κ2) is 8.14. The molecule has 4 heteroatoms. The van der Waals surface area contributed by atoms with Crippen molar-refractivity contribution in [2.75, 3.05) is 13.2 Å². The van der Waals surface area contributed by atoms with E-state index >= 15 is 0 Å². The highest BCUT2D eigenvalue weighted by Crippen LogP contribution is 2.44. The average Bonchev–Trinajstić information content (AvgIpc) is 2.90. The summed E-state index contributed by atoms with van der Waals surface area (Å²) in [5.74, 6) is 0.869. The molecule has 1 aromatic carbocycles. The van der Waals surface area contributed by atoms with Crippen molar-refractivity contribution in [2.24, 2.45) is 17.3 Å². The maximum Gasteiger partial charge on any atom is 0.261 e. The lowest BCUT2D eigenvalue weighted by atomic mass is 9.69. The predicted octanol–water partition coefficient (Wildman–Crippen LogP) is 4.93. The third kappa shape index (κ3) is 4.26. The smallest absolute Gasteiger partial charge is 0.261 e. The van der Waals surface area contributed by atoms with E-state index in [-0.39, 0.29) is 23.3 Å². The van der Waals surface area contributed by atoms with Gasteiger partial charge in [-0.15, -0.1) is 0 Å². The van der Waals surface area contributed by atoms with Crippen LogP contribution in [0.2, 0.25) is 0 Å². The molecule has 2 heterocycles. The van der Waals surface area contributed by atoms with Crippen LogP contribution in [0.1, 0.15) is 80.5 Å². The van der Waals surface area contributed by atoms with Crippen LogP contribution in [-0.4, -0.2) is 36.0 Å². The zero-order valence-electron chi connectivity index (χ0n) is 17.2. The van der Waals surface area contributed by atoms with Crippen molar-refractivity contribution in [3.05, 3.63) is 35.4 Å². The van der Waals surface area contributed by atoms with Crippen molar-refractivity contribution >= 4 is 11.8 Å². The van der Waals surface area contributed by atoms with Crippen molar-refractivity contribution in [3.63, 3.8) is 0 Å². The molecule has 2 aliphatic rings.